The standard InChI is InChI=1S/C25H23N5O5S/c1-17(19-8-13-22(23(16-19)35-2)18-6-4-3-5-7-18)27-25-26-15-14-24(28-25)29-36(33,34)21-11-9-20(10-12-21)30(31)32/h3-17H,1-2H3,(H2,26,27,28,29)/t17-/m0/s1. The fourth-order valence-electron chi connectivity index (χ4n) is 3.54. The van der Waals surface area contributed by atoms with E-state index in [1.165, 1.54) is 12.3 Å². The van der Waals surface area contributed by atoms with Gasteiger partial charge in [-0.2, -0.15) is 4.98 Å². The van der Waals surface area contributed by atoms with Crippen molar-refractivity contribution in [2.24, 2.45) is 0 Å². The average molecular weight is 506 g/mol. The SMILES string of the molecule is COc1cc([C@H](C)Nc2nccc(NS(=O)(=O)c3ccc([N+](=O)[O-])cc3)n2)ccc1-c1ccccc1. The number of nitrogens with one attached hydrogen (secondary N) is 2. The maximum absolute atomic E-state index is 12.7. The average Bonchev–Trinajstić information content (AvgIpc) is 2.88. The van der Waals surface area contributed by atoms with Crippen LogP contribution in [0, 0.1) is 10.1 Å². The highest BCUT2D eigenvalue weighted by molar-refractivity contribution is 7.92. The number of sulfonamides is 1. The molecule has 0 aliphatic rings. The van der Waals surface area contributed by atoms with Gasteiger partial charge < -0.3 is 10.1 Å². The highest BCUT2D eigenvalue weighted by Crippen LogP contribution is 2.33. The fourth-order valence-corrected chi connectivity index (χ4v) is 4.54. The van der Waals surface area contributed by atoms with E-state index < -0.39 is 14.9 Å². The van der Waals surface area contributed by atoms with Gasteiger partial charge in [-0.15, -0.1) is 0 Å². The minimum absolute atomic E-state index is 0.0510. The van der Waals surface area contributed by atoms with Crippen LogP contribution in [0.3, 0.4) is 0 Å². The van der Waals surface area contributed by atoms with E-state index in [2.05, 4.69) is 20.0 Å². The van der Waals surface area contributed by atoms with Crippen LogP contribution >= 0.6 is 0 Å². The number of nitro groups is 1. The summed E-state index contributed by atoms with van der Waals surface area (Å²) in [6.07, 6.45) is 1.43. The van der Waals surface area contributed by atoms with Crippen molar-refractivity contribution in [3.05, 3.63) is 101 Å². The molecule has 0 unspecified atom stereocenters. The monoisotopic (exact) mass is 505 g/mol. The van der Waals surface area contributed by atoms with Gasteiger partial charge in [-0.1, -0.05) is 42.5 Å². The second-order valence-electron chi connectivity index (χ2n) is 7.81. The number of benzene rings is 3. The summed E-state index contributed by atoms with van der Waals surface area (Å²) in [5, 5.41) is 14.0. The summed E-state index contributed by atoms with van der Waals surface area (Å²) in [5.41, 5.74) is 2.72. The Balaban J connectivity index is 1.50. The summed E-state index contributed by atoms with van der Waals surface area (Å²) in [7, 11) is -2.38. The number of non-ortho nitro benzene ring substituents is 1. The summed E-state index contributed by atoms with van der Waals surface area (Å²) in [4.78, 5) is 18.5. The van der Waals surface area contributed by atoms with E-state index in [-0.39, 0.29) is 28.4 Å². The molecule has 10 nitrogen and oxygen atoms in total. The zero-order chi connectivity index (χ0) is 25.7. The van der Waals surface area contributed by atoms with E-state index >= 15 is 0 Å². The summed E-state index contributed by atoms with van der Waals surface area (Å²) in [5.74, 6) is 0.991. The van der Waals surface area contributed by atoms with Gasteiger partial charge >= 0.3 is 0 Å². The number of hydrogen-bond donors (Lipinski definition) is 2. The molecule has 1 heterocycles. The van der Waals surface area contributed by atoms with Crippen LogP contribution in [0.15, 0.2) is 90.0 Å². The van der Waals surface area contributed by atoms with E-state index in [4.69, 9.17) is 4.74 Å². The Labute approximate surface area is 208 Å². The fraction of sp³-hybridized carbons (Fsp3) is 0.120. The molecule has 184 valence electrons. The third-order valence-corrected chi connectivity index (χ3v) is 6.78. The molecule has 1 aromatic heterocycles. The number of rotatable bonds is 9. The second-order valence-corrected chi connectivity index (χ2v) is 9.50. The summed E-state index contributed by atoms with van der Waals surface area (Å²) in [6.45, 7) is 1.92. The van der Waals surface area contributed by atoms with Crippen molar-refractivity contribution in [2.45, 2.75) is 17.9 Å². The minimum atomic E-state index is -4.00. The van der Waals surface area contributed by atoms with Gasteiger partial charge in [0.2, 0.25) is 5.95 Å². The van der Waals surface area contributed by atoms with Crippen molar-refractivity contribution >= 4 is 27.5 Å². The number of aromatic nitrogens is 2. The Bertz CT molecular complexity index is 1480. The molecule has 0 saturated carbocycles. The normalized spacial score (nSPS) is 11.9. The number of ether oxygens (including phenoxy) is 1. The Morgan fingerprint density at radius 3 is 2.39 bits per heavy atom. The molecule has 0 aliphatic heterocycles. The highest BCUT2D eigenvalue weighted by Gasteiger charge is 2.18. The molecule has 0 amide bonds. The Hall–Kier alpha value is -4.51. The number of methoxy groups -OCH3 is 1. The second kappa shape index (κ2) is 10.4. The molecule has 4 rings (SSSR count). The lowest BCUT2D eigenvalue weighted by Crippen LogP contribution is -2.15. The molecule has 36 heavy (non-hydrogen) atoms. The quantitative estimate of drug-likeness (QED) is 0.239. The minimum Gasteiger partial charge on any atom is -0.496 e. The molecular weight excluding hydrogens is 482 g/mol. The first kappa shape index (κ1) is 24.6. The lowest BCUT2D eigenvalue weighted by Gasteiger charge is -2.17. The molecule has 0 aliphatic carbocycles. The van der Waals surface area contributed by atoms with Gasteiger partial charge in [0.15, 0.2) is 0 Å². The molecule has 0 fully saturated rings. The number of nitro benzene ring substituents is 1. The smallest absolute Gasteiger partial charge is 0.269 e. The third kappa shape index (κ3) is 5.58. The van der Waals surface area contributed by atoms with Crippen molar-refractivity contribution in [1.29, 1.82) is 0 Å². The molecule has 4 aromatic rings. The molecule has 0 radical (unpaired) electrons. The van der Waals surface area contributed by atoms with Crippen LogP contribution in [0.4, 0.5) is 17.5 Å². The van der Waals surface area contributed by atoms with Crippen LogP contribution < -0.4 is 14.8 Å². The predicted molar refractivity (Wildman–Crippen MR) is 136 cm³/mol. The molecule has 0 saturated heterocycles. The van der Waals surface area contributed by atoms with Crippen molar-refractivity contribution in [1.82, 2.24) is 9.97 Å². The zero-order valence-corrected chi connectivity index (χ0v) is 20.3. The first-order valence-corrected chi connectivity index (χ1v) is 12.4. The topological polar surface area (TPSA) is 136 Å². The Morgan fingerprint density at radius 2 is 1.72 bits per heavy atom. The van der Waals surface area contributed by atoms with Gasteiger partial charge in [0.25, 0.3) is 15.7 Å². The van der Waals surface area contributed by atoms with Crippen molar-refractivity contribution < 1.29 is 18.1 Å². The van der Waals surface area contributed by atoms with Crippen molar-refractivity contribution in [3.8, 4) is 16.9 Å². The lowest BCUT2D eigenvalue weighted by molar-refractivity contribution is -0.384. The van der Waals surface area contributed by atoms with Crippen LogP contribution in [0.5, 0.6) is 5.75 Å². The van der Waals surface area contributed by atoms with E-state index in [1.807, 2.05) is 55.5 Å². The predicted octanol–water partition coefficient (Wildman–Crippen LogP) is 5.03. The molecule has 11 heteroatoms. The van der Waals surface area contributed by atoms with Crippen LogP contribution in [0.2, 0.25) is 0 Å². The first-order chi connectivity index (χ1) is 17.3. The summed E-state index contributed by atoms with van der Waals surface area (Å²) in [6, 6.07) is 21.6. The summed E-state index contributed by atoms with van der Waals surface area (Å²) >= 11 is 0. The third-order valence-electron chi connectivity index (χ3n) is 5.41. The van der Waals surface area contributed by atoms with Crippen molar-refractivity contribution in [3.63, 3.8) is 0 Å². The van der Waals surface area contributed by atoms with Gasteiger partial charge in [-0.05, 0) is 42.3 Å². The number of hydrogen-bond acceptors (Lipinski definition) is 8. The maximum atomic E-state index is 12.7. The summed E-state index contributed by atoms with van der Waals surface area (Å²) < 4.78 is 33.3. The van der Waals surface area contributed by atoms with Gasteiger partial charge in [0, 0.05) is 23.9 Å². The molecule has 0 bridgehead atoms. The first-order valence-electron chi connectivity index (χ1n) is 10.9. The van der Waals surface area contributed by atoms with E-state index in [0.717, 1.165) is 46.7 Å². The number of anilines is 2. The lowest BCUT2D eigenvalue weighted by atomic mass is 10.00. The largest absolute Gasteiger partial charge is 0.496 e. The molecule has 2 N–H and O–H groups in total. The highest BCUT2D eigenvalue weighted by atomic mass is 32.2. The number of nitrogens with zero attached hydrogens (tertiary/aromatic N) is 3. The van der Waals surface area contributed by atoms with E-state index in [1.54, 1.807) is 7.11 Å². The van der Waals surface area contributed by atoms with Gasteiger partial charge in [-0.3, -0.25) is 14.8 Å². The van der Waals surface area contributed by atoms with Gasteiger partial charge in [-0.25, -0.2) is 13.4 Å². The van der Waals surface area contributed by atoms with Crippen LogP contribution in [-0.2, 0) is 10.0 Å². The van der Waals surface area contributed by atoms with Gasteiger partial charge in [0.1, 0.15) is 11.6 Å². The van der Waals surface area contributed by atoms with Crippen LogP contribution in [0.25, 0.3) is 11.1 Å². The Morgan fingerprint density at radius 1 is 1.00 bits per heavy atom. The van der Waals surface area contributed by atoms with Gasteiger partial charge in [0.05, 0.1) is 23.0 Å². The Kier molecular flexibility index (Phi) is 7.11. The zero-order valence-electron chi connectivity index (χ0n) is 19.5. The van der Waals surface area contributed by atoms with Crippen LogP contribution in [0.1, 0.15) is 18.5 Å². The molecular formula is C25H23N5O5S. The molecule has 0 spiro atoms. The maximum Gasteiger partial charge on any atom is 0.269 e. The molecule has 1 atom stereocenters. The van der Waals surface area contributed by atoms with Crippen molar-refractivity contribution in [2.75, 3.05) is 17.1 Å². The van der Waals surface area contributed by atoms with Crippen LogP contribution in [-0.4, -0.2) is 30.4 Å². The van der Waals surface area contributed by atoms with E-state index in [9.17, 15) is 18.5 Å². The molecule has 3 aromatic carbocycles. The van der Waals surface area contributed by atoms with E-state index in [0.29, 0.717) is 0 Å².